The Morgan fingerprint density at radius 1 is 0.875 bits per heavy atom. The van der Waals surface area contributed by atoms with E-state index in [1.807, 2.05) is 48.5 Å². The van der Waals surface area contributed by atoms with E-state index in [1.54, 1.807) is 6.20 Å². The van der Waals surface area contributed by atoms with Crippen LogP contribution in [0.25, 0.3) is 0 Å². The Bertz CT molecular complexity index is 353. The van der Waals surface area contributed by atoms with Crippen LogP contribution >= 0.6 is 24.8 Å². The topological polar surface area (TPSA) is 38.9 Å². The van der Waals surface area contributed by atoms with Crippen molar-refractivity contribution in [1.29, 1.82) is 0 Å². The van der Waals surface area contributed by atoms with Crippen LogP contribution in [-0.4, -0.2) is 4.98 Å². The molecule has 1 unspecified atom stereocenters. The quantitative estimate of drug-likeness (QED) is 0.898. The summed E-state index contributed by atoms with van der Waals surface area (Å²) in [6.07, 6.45) is 1.76. The van der Waals surface area contributed by atoms with E-state index in [4.69, 9.17) is 5.73 Å². The third kappa shape index (κ3) is 3.49. The Morgan fingerprint density at radius 2 is 1.50 bits per heavy atom. The molecule has 1 heterocycles. The van der Waals surface area contributed by atoms with E-state index in [-0.39, 0.29) is 30.9 Å². The summed E-state index contributed by atoms with van der Waals surface area (Å²) in [4.78, 5) is 4.23. The van der Waals surface area contributed by atoms with Gasteiger partial charge < -0.3 is 5.73 Å². The molecule has 0 aliphatic carbocycles. The number of nitrogens with two attached hydrogens (primary N) is 1. The van der Waals surface area contributed by atoms with Gasteiger partial charge in [-0.05, 0) is 17.7 Å². The summed E-state index contributed by atoms with van der Waals surface area (Å²) in [7, 11) is 0. The van der Waals surface area contributed by atoms with Crippen molar-refractivity contribution in [3.05, 3.63) is 66.0 Å². The number of hydrogen-bond acceptors (Lipinski definition) is 2. The monoisotopic (exact) mass is 256 g/mol. The average Bonchev–Trinajstić information content (AvgIpc) is 2.30. The van der Waals surface area contributed by atoms with Crippen molar-refractivity contribution >= 4 is 24.8 Å². The molecule has 16 heavy (non-hydrogen) atoms. The van der Waals surface area contributed by atoms with E-state index >= 15 is 0 Å². The van der Waals surface area contributed by atoms with Gasteiger partial charge in [-0.25, -0.2) is 0 Å². The molecule has 0 fully saturated rings. The first-order chi connectivity index (χ1) is 6.88. The molecule has 2 rings (SSSR count). The van der Waals surface area contributed by atoms with Gasteiger partial charge in [-0.15, -0.1) is 24.8 Å². The SMILES string of the molecule is Cl.Cl.NC(c1ccccc1)c1ccccn1. The highest BCUT2D eigenvalue weighted by Crippen LogP contribution is 2.16. The van der Waals surface area contributed by atoms with Crippen LogP contribution < -0.4 is 5.73 Å². The normalized spacial score (nSPS) is 10.8. The summed E-state index contributed by atoms with van der Waals surface area (Å²) in [6, 6.07) is 15.6. The van der Waals surface area contributed by atoms with Gasteiger partial charge in [0.25, 0.3) is 0 Å². The van der Waals surface area contributed by atoms with Crippen LogP contribution in [0, 0.1) is 0 Å². The largest absolute Gasteiger partial charge is 0.319 e. The lowest BCUT2D eigenvalue weighted by Crippen LogP contribution is -2.12. The van der Waals surface area contributed by atoms with Gasteiger partial charge in [-0.2, -0.15) is 0 Å². The van der Waals surface area contributed by atoms with Crippen molar-refractivity contribution in [2.75, 3.05) is 0 Å². The highest BCUT2D eigenvalue weighted by molar-refractivity contribution is 5.85. The average molecular weight is 257 g/mol. The number of rotatable bonds is 2. The first kappa shape index (κ1) is 14.9. The summed E-state index contributed by atoms with van der Waals surface area (Å²) in [5.41, 5.74) is 8.04. The lowest BCUT2D eigenvalue weighted by atomic mass is 10.0. The predicted octanol–water partition coefficient (Wildman–Crippen LogP) is 2.97. The molecule has 0 aliphatic rings. The molecule has 1 atom stereocenters. The van der Waals surface area contributed by atoms with Gasteiger partial charge in [0.1, 0.15) is 0 Å². The maximum Gasteiger partial charge on any atom is 0.0726 e. The van der Waals surface area contributed by atoms with Crippen molar-refractivity contribution in [2.24, 2.45) is 5.73 Å². The molecular formula is C12H14Cl2N2. The number of pyridine rings is 1. The van der Waals surface area contributed by atoms with Crippen LogP contribution in [0.3, 0.4) is 0 Å². The van der Waals surface area contributed by atoms with Crippen LogP contribution in [0.5, 0.6) is 0 Å². The molecule has 2 N–H and O–H groups in total. The maximum atomic E-state index is 6.05. The minimum atomic E-state index is -0.127. The summed E-state index contributed by atoms with van der Waals surface area (Å²) in [5.74, 6) is 0. The zero-order valence-corrected chi connectivity index (χ0v) is 10.2. The Labute approximate surface area is 108 Å². The zero-order chi connectivity index (χ0) is 9.80. The first-order valence-corrected chi connectivity index (χ1v) is 4.59. The van der Waals surface area contributed by atoms with Gasteiger partial charge >= 0.3 is 0 Å². The molecule has 1 aromatic heterocycles. The van der Waals surface area contributed by atoms with Crippen LogP contribution in [-0.2, 0) is 0 Å². The lowest BCUT2D eigenvalue weighted by molar-refractivity contribution is 0.829. The van der Waals surface area contributed by atoms with Crippen molar-refractivity contribution in [3.8, 4) is 0 Å². The van der Waals surface area contributed by atoms with Crippen molar-refractivity contribution in [3.63, 3.8) is 0 Å². The molecule has 86 valence electrons. The van der Waals surface area contributed by atoms with Gasteiger partial charge in [0, 0.05) is 6.20 Å². The fraction of sp³-hybridized carbons (Fsp3) is 0.0833. The molecule has 2 nitrogen and oxygen atoms in total. The second-order valence-corrected chi connectivity index (χ2v) is 3.14. The Hall–Kier alpha value is -1.09. The van der Waals surface area contributed by atoms with Crippen LogP contribution in [0.2, 0.25) is 0 Å². The summed E-state index contributed by atoms with van der Waals surface area (Å²) < 4.78 is 0. The van der Waals surface area contributed by atoms with E-state index in [9.17, 15) is 0 Å². The Morgan fingerprint density at radius 3 is 2.06 bits per heavy atom. The summed E-state index contributed by atoms with van der Waals surface area (Å²) in [5, 5.41) is 0. The molecule has 2 aromatic rings. The molecule has 0 saturated heterocycles. The number of aromatic nitrogens is 1. The molecular weight excluding hydrogens is 243 g/mol. The summed E-state index contributed by atoms with van der Waals surface area (Å²) >= 11 is 0. The van der Waals surface area contributed by atoms with Crippen molar-refractivity contribution in [2.45, 2.75) is 6.04 Å². The van der Waals surface area contributed by atoms with Crippen molar-refractivity contribution in [1.82, 2.24) is 4.98 Å². The zero-order valence-electron chi connectivity index (χ0n) is 8.61. The van der Waals surface area contributed by atoms with E-state index < -0.39 is 0 Å². The van der Waals surface area contributed by atoms with E-state index in [2.05, 4.69) is 4.98 Å². The van der Waals surface area contributed by atoms with Gasteiger partial charge in [0.2, 0.25) is 0 Å². The standard InChI is InChI=1S/C12H12N2.2ClH/c13-12(10-6-2-1-3-7-10)11-8-4-5-9-14-11;;/h1-9,12H,13H2;2*1H. The highest BCUT2D eigenvalue weighted by atomic mass is 35.5. The molecule has 0 spiro atoms. The molecule has 0 amide bonds. The van der Waals surface area contributed by atoms with E-state index in [0.29, 0.717) is 0 Å². The second-order valence-electron chi connectivity index (χ2n) is 3.14. The predicted molar refractivity (Wildman–Crippen MR) is 71.2 cm³/mol. The van der Waals surface area contributed by atoms with Gasteiger partial charge in [0.15, 0.2) is 0 Å². The van der Waals surface area contributed by atoms with Gasteiger partial charge in [0.05, 0.1) is 11.7 Å². The minimum Gasteiger partial charge on any atom is -0.319 e. The van der Waals surface area contributed by atoms with Crippen LogP contribution in [0.1, 0.15) is 17.3 Å². The fourth-order valence-electron chi connectivity index (χ4n) is 1.39. The van der Waals surface area contributed by atoms with Gasteiger partial charge in [-0.1, -0.05) is 36.4 Å². The summed E-state index contributed by atoms with van der Waals surface area (Å²) in [6.45, 7) is 0. The number of halogens is 2. The van der Waals surface area contributed by atoms with E-state index in [0.717, 1.165) is 11.3 Å². The molecule has 0 bridgehead atoms. The molecule has 4 heteroatoms. The molecule has 1 aromatic carbocycles. The van der Waals surface area contributed by atoms with Gasteiger partial charge in [-0.3, -0.25) is 4.98 Å². The highest BCUT2D eigenvalue weighted by Gasteiger charge is 2.07. The fourth-order valence-corrected chi connectivity index (χ4v) is 1.39. The minimum absolute atomic E-state index is 0. The Balaban J connectivity index is 0.00000112. The van der Waals surface area contributed by atoms with E-state index in [1.165, 1.54) is 0 Å². The van der Waals surface area contributed by atoms with Crippen LogP contribution in [0.4, 0.5) is 0 Å². The molecule has 0 radical (unpaired) electrons. The second kappa shape index (κ2) is 7.23. The van der Waals surface area contributed by atoms with Crippen molar-refractivity contribution < 1.29 is 0 Å². The third-order valence-electron chi connectivity index (χ3n) is 2.17. The third-order valence-corrected chi connectivity index (χ3v) is 2.17. The maximum absolute atomic E-state index is 6.05. The van der Waals surface area contributed by atoms with Crippen LogP contribution in [0.15, 0.2) is 54.7 Å². The Kier molecular flexibility index (Phi) is 6.74. The number of benzene rings is 1. The molecule has 0 aliphatic heterocycles. The smallest absolute Gasteiger partial charge is 0.0726 e. The first-order valence-electron chi connectivity index (χ1n) is 4.59. The number of hydrogen-bond donors (Lipinski definition) is 1. The number of nitrogens with zero attached hydrogens (tertiary/aromatic N) is 1. The molecule has 0 saturated carbocycles. The lowest BCUT2D eigenvalue weighted by Gasteiger charge is -2.10.